The van der Waals surface area contributed by atoms with Gasteiger partial charge < -0.3 is 14.4 Å². The molecule has 0 saturated heterocycles. The Morgan fingerprint density at radius 2 is 1.77 bits per heavy atom. The van der Waals surface area contributed by atoms with Gasteiger partial charge in [-0.05, 0) is 68.1 Å². The monoisotopic (exact) mass is 424 g/mol. The normalized spacial score (nSPS) is 17.6. The van der Waals surface area contributed by atoms with Crippen LogP contribution in [0, 0.1) is 5.82 Å². The number of aliphatic imine (C=N–C) groups is 1. The average molecular weight is 424 g/mol. The molecule has 1 spiro atoms. The Labute approximate surface area is 180 Å². The number of nitrogens with zero attached hydrogens (tertiary/aromatic N) is 2. The lowest BCUT2D eigenvalue weighted by Gasteiger charge is -2.38. The summed E-state index contributed by atoms with van der Waals surface area (Å²) in [4.78, 5) is 33.0. The van der Waals surface area contributed by atoms with E-state index in [1.807, 2.05) is 0 Å². The molecule has 1 heterocycles. The third kappa shape index (κ3) is 3.92. The van der Waals surface area contributed by atoms with Crippen LogP contribution in [-0.2, 0) is 4.79 Å². The Kier molecular flexibility index (Phi) is 5.76. The highest BCUT2D eigenvalue weighted by Gasteiger charge is 2.48. The van der Waals surface area contributed by atoms with E-state index in [4.69, 9.17) is 14.5 Å². The standard InChI is InChI=1S/C24H25FN2O4/c1-30-18-9-6-16(7-10-18)22-23(29)27(24(26-22)12-4-3-5-13-24)15-20(28)19-14-17(25)8-11-21(19)31-2/h6-11,14H,3-5,12-13,15H2,1-2H3. The van der Waals surface area contributed by atoms with Crippen LogP contribution < -0.4 is 9.47 Å². The number of halogens is 1. The van der Waals surface area contributed by atoms with Gasteiger partial charge in [-0.2, -0.15) is 0 Å². The van der Waals surface area contributed by atoms with E-state index in [-0.39, 0.29) is 29.5 Å². The van der Waals surface area contributed by atoms with Gasteiger partial charge in [-0.3, -0.25) is 14.6 Å². The number of benzene rings is 2. The van der Waals surface area contributed by atoms with Crippen LogP contribution in [0.3, 0.4) is 0 Å². The summed E-state index contributed by atoms with van der Waals surface area (Å²) < 4.78 is 24.2. The van der Waals surface area contributed by atoms with Gasteiger partial charge >= 0.3 is 0 Å². The molecule has 1 fully saturated rings. The molecule has 0 N–H and O–H groups in total. The number of rotatable bonds is 6. The second kappa shape index (κ2) is 8.49. The van der Waals surface area contributed by atoms with Gasteiger partial charge in [-0.15, -0.1) is 0 Å². The van der Waals surface area contributed by atoms with Crippen molar-refractivity contribution in [3.8, 4) is 11.5 Å². The molecule has 2 aromatic carbocycles. The summed E-state index contributed by atoms with van der Waals surface area (Å²) in [5.41, 5.74) is 0.428. The highest BCUT2D eigenvalue weighted by atomic mass is 19.1. The largest absolute Gasteiger partial charge is 0.497 e. The number of amides is 1. The van der Waals surface area contributed by atoms with Gasteiger partial charge in [-0.25, -0.2) is 4.39 Å². The van der Waals surface area contributed by atoms with Gasteiger partial charge in [0, 0.05) is 5.56 Å². The van der Waals surface area contributed by atoms with Crippen LogP contribution in [0.1, 0.15) is 48.0 Å². The molecule has 2 aromatic rings. The van der Waals surface area contributed by atoms with Crippen molar-refractivity contribution in [1.82, 2.24) is 4.90 Å². The van der Waals surface area contributed by atoms with Crippen molar-refractivity contribution in [2.45, 2.75) is 37.8 Å². The van der Waals surface area contributed by atoms with Crippen LogP contribution in [0.25, 0.3) is 0 Å². The predicted octanol–water partition coefficient (Wildman–Crippen LogP) is 4.02. The van der Waals surface area contributed by atoms with Crippen LogP contribution in [0.5, 0.6) is 11.5 Å². The SMILES string of the molecule is COc1ccc(C2=NC3(CCCCC3)N(CC(=O)c3cc(F)ccc3OC)C2=O)cc1. The quantitative estimate of drug-likeness (QED) is 0.657. The van der Waals surface area contributed by atoms with Gasteiger partial charge in [-0.1, -0.05) is 6.42 Å². The molecule has 0 bridgehead atoms. The van der Waals surface area contributed by atoms with Crippen molar-refractivity contribution in [2.75, 3.05) is 20.8 Å². The minimum atomic E-state index is -0.735. The van der Waals surface area contributed by atoms with Gasteiger partial charge in [0.05, 0.1) is 26.3 Å². The number of carbonyl (C=O) groups is 2. The van der Waals surface area contributed by atoms with Crippen molar-refractivity contribution >= 4 is 17.4 Å². The molecule has 0 radical (unpaired) electrons. The second-order valence-corrected chi connectivity index (χ2v) is 7.89. The summed E-state index contributed by atoms with van der Waals surface area (Å²) in [5.74, 6) is -0.212. The molecular weight excluding hydrogens is 399 g/mol. The van der Waals surface area contributed by atoms with E-state index < -0.39 is 11.5 Å². The molecule has 6 nitrogen and oxygen atoms in total. The van der Waals surface area contributed by atoms with Crippen LogP contribution in [0.15, 0.2) is 47.5 Å². The summed E-state index contributed by atoms with van der Waals surface area (Å²) >= 11 is 0. The number of Topliss-reactive ketones (excluding diaryl/α,β-unsaturated/α-hetero) is 1. The molecular formula is C24H25FN2O4. The van der Waals surface area contributed by atoms with Gasteiger partial charge in [0.15, 0.2) is 5.78 Å². The molecule has 1 aliphatic heterocycles. The van der Waals surface area contributed by atoms with Crippen molar-refractivity contribution in [3.05, 3.63) is 59.4 Å². The van der Waals surface area contributed by atoms with E-state index in [0.29, 0.717) is 29.9 Å². The highest BCUT2D eigenvalue weighted by Crippen LogP contribution is 2.40. The van der Waals surface area contributed by atoms with E-state index in [9.17, 15) is 14.0 Å². The first kappa shape index (κ1) is 21.0. The van der Waals surface area contributed by atoms with E-state index >= 15 is 0 Å². The molecule has 1 aliphatic carbocycles. The molecule has 1 amide bonds. The van der Waals surface area contributed by atoms with Crippen LogP contribution in [0.4, 0.5) is 4.39 Å². The van der Waals surface area contributed by atoms with Crippen molar-refractivity contribution in [2.24, 2.45) is 4.99 Å². The van der Waals surface area contributed by atoms with Gasteiger partial charge in [0.1, 0.15) is 28.7 Å². The van der Waals surface area contributed by atoms with Crippen LogP contribution in [-0.4, -0.2) is 48.7 Å². The Morgan fingerprint density at radius 1 is 1.06 bits per heavy atom. The number of ether oxygens (including phenoxy) is 2. The fourth-order valence-corrected chi connectivity index (χ4v) is 4.42. The number of hydrogen-bond acceptors (Lipinski definition) is 5. The summed E-state index contributed by atoms with van der Waals surface area (Å²) in [7, 11) is 3.01. The minimum absolute atomic E-state index is 0.124. The molecule has 7 heteroatoms. The predicted molar refractivity (Wildman–Crippen MR) is 114 cm³/mol. The zero-order chi connectivity index (χ0) is 22.0. The minimum Gasteiger partial charge on any atom is -0.497 e. The number of carbonyl (C=O) groups excluding carboxylic acids is 2. The molecule has 1 saturated carbocycles. The summed E-state index contributed by atoms with van der Waals surface area (Å²) in [6.45, 7) is -0.179. The van der Waals surface area contributed by atoms with Crippen LogP contribution in [0.2, 0.25) is 0 Å². The van der Waals surface area contributed by atoms with Crippen molar-refractivity contribution in [3.63, 3.8) is 0 Å². The van der Waals surface area contributed by atoms with Crippen molar-refractivity contribution in [1.29, 1.82) is 0 Å². The Hall–Kier alpha value is -3.22. The maximum atomic E-state index is 13.8. The Bertz CT molecular complexity index is 1030. The molecule has 162 valence electrons. The summed E-state index contributed by atoms with van der Waals surface area (Å²) in [6, 6.07) is 11.0. The third-order valence-electron chi connectivity index (χ3n) is 6.05. The molecule has 2 aliphatic rings. The fraction of sp³-hybridized carbons (Fsp3) is 0.375. The fourth-order valence-electron chi connectivity index (χ4n) is 4.42. The van der Waals surface area contributed by atoms with Crippen molar-refractivity contribution < 1.29 is 23.5 Å². The topological polar surface area (TPSA) is 68.2 Å². The molecule has 31 heavy (non-hydrogen) atoms. The van der Waals surface area contributed by atoms with Gasteiger partial charge in [0.25, 0.3) is 5.91 Å². The lowest BCUT2D eigenvalue weighted by atomic mass is 9.88. The van der Waals surface area contributed by atoms with E-state index in [1.165, 1.54) is 19.2 Å². The Morgan fingerprint density at radius 3 is 2.42 bits per heavy atom. The zero-order valence-electron chi connectivity index (χ0n) is 17.7. The zero-order valence-corrected chi connectivity index (χ0v) is 17.7. The molecule has 0 atom stereocenters. The molecule has 0 unspecified atom stereocenters. The molecule has 4 rings (SSSR count). The van der Waals surface area contributed by atoms with Crippen LogP contribution >= 0.6 is 0 Å². The van der Waals surface area contributed by atoms with E-state index in [2.05, 4.69) is 0 Å². The maximum absolute atomic E-state index is 13.8. The smallest absolute Gasteiger partial charge is 0.275 e. The summed E-state index contributed by atoms with van der Waals surface area (Å²) in [6.07, 6.45) is 4.34. The average Bonchev–Trinajstić information content (AvgIpc) is 3.05. The van der Waals surface area contributed by atoms with E-state index in [0.717, 1.165) is 25.3 Å². The third-order valence-corrected chi connectivity index (χ3v) is 6.05. The number of methoxy groups -OCH3 is 2. The highest BCUT2D eigenvalue weighted by molar-refractivity contribution is 6.47. The first-order valence-electron chi connectivity index (χ1n) is 10.4. The lowest BCUT2D eigenvalue weighted by molar-refractivity contribution is -0.128. The number of ketones is 1. The first-order valence-corrected chi connectivity index (χ1v) is 10.4. The lowest BCUT2D eigenvalue weighted by Crippen LogP contribution is -2.50. The molecule has 0 aromatic heterocycles. The van der Waals surface area contributed by atoms with E-state index in [1.54, 1.807) is 36.3 Å². The first-order chi connectivity index (χ1) is 15.0. The van der Waals surface area contributed by atoms with Gasteiger partial charge in [0.2, 0.25) is 0 Å². The maximum Gasteiger partial charge on any atom is 0.275 e. The number of hydrogen-bond donors (Lipinski definition) is 0. The Balaban J connectivity index is 1.67. The second-order valence-electron chi connectivity index (χ2n) is 7.89. The summed E-state index contributed by atoms with van der Waals surface area (Å²) in [5, 5.41) is 0.